The minimum absolute atomic E-state index is 2.37. The van der Waals surface area contributed by atoms with Gasteiger partial charge in [0.05, 0.1) is 0 Å². The Morgan fingerprint density at radius 2 is 0.178 bits per heavy atom. The van der Waals surface area contributed by atoms with Gasteiger partial charge >= 0.3 is 0 Å². The van der Waals surface area contributed by atoms with Crippen molar-refractivity contribution < 1.29 is 0 Å². The molecule has 0 bridgehead atoms. The molecule has 0 heteroatoms. The summed E-state index contributed by atoms with van der Waals surface area (Å²) in [6, 6.07) is 0. The molecule has 0 unspecified atom stereocenters. The molecule has 0 fully saturated rings. The Bertz CT molecular complexity index is 2790. The second-order valence-electron chi connectivity index (χ2n) is 5.48. The van der Waals surface area contributed by atoms with Crippen LogP contribution >= 0.6 is 0 Å². The maximum atomic E-state index is 3.31. The van der Waals surface area contributed by atoms with Gasteiger partial charge in [-0.25, -0.2) is 0 Å². The Labute approximate surface area is 258 Å². The Balaban J connectivity index is 6.06. The molecule has 0 saturated carbocycles. The van der Waals surface area contributed by atoms with Gasteiger partial charge in [0.1, 0.15) is 0 Å². The highest BCUT2D eigenvalue weighted by atomic mass is 13.5. The summed E-state index contributed by atoms with van der Waals surface area (Å²) in [5.41, 5.74) is 107. The Morgan fingerprint density at radius 3 is 0.244 bits per heavy atom. The third-order valence-corrected chi connectivity index (χ3v) is 2.68. The zero-order chi connectivity index (χ0) is 32.4. The predicted octanol–water partition coefficient (Wildman–Crippen LogP) is 7.47. The largest absolute Gasteiger partial charge is 0.0687 e. The monoisotopic (exact) mass is 544 g/mol. The lowest BCUT2D eigenvalue weighted by Crippen LogP contribution is -1.25. The molecule has 0 rings (SSSR count). The molecule has 0 aromatic heterocycles. The van der Waals surface area contributed by atoms with Gasteiger partial charge in [-0.1, -0.05) is 11.5 Å². The standard InChI is InChI=1S/C45H4/c1-3-5-7-9-11-13-15-17-19-21-23-25-27-29-31-33-35-37-39-41-43-45-44-42-40-38-36-34-32-30-28-26-24-22-20-18-16-14-12-10-8-6-4-2/h1-2H2. The molecule has 0 spiro atoms. The molecule has 0 heterocycles. The summed E-state index contributed by atoms with van der Waals surface area (Å²) >= 11 is 0. The van der Waals surface area contributed by atoms with Crippen LogP contribution in [0.2, 0.25) is 0 Å². The molecule has 0 aromatic rings. The lowest BCUT2D eigenvalue weighted by Gasteiger charge is -1.41. The smallest absolute Gasteiger partial charge is 0 e. The summed E-state index contributed by atoms with van der Waals surface area (Å²) in [6.45, 7) is 6.62. The Morgan fingerprint density at radius 1 is 0.111 bits per heavy atom. The van der Waals surface area contributed by atoms with E-state index in [9.17, 15) is 0 Å². The lowest BCUT2D eigenvalue weighted by atomic mass is 10.6. The van der Waals surface area contributed by atoms with Crippen LogP contribution in [0.15, 0.2) is 260 Å². The van der Waals surface area contributed by atoms with Crippen LogP contribution in [0.5, 0.6) is 0 Å². The maximum absolute atomic E-state index is 3.31. The normalized spacial score (nSPS) is 3.91. The molecule has 0 saturated heterocycles. The number of rotatable bonds is 0. The van der Waals surface area contributed by atoms with Crippen LogP contribution in [-0.4, -0.2) is 0 Å². The van der Waals surface area contributed by atoms with E-state index in [1.54, 1.807) is 0 Å². The van der Waals surface area contributed by atoms with Gasteiger partial charge in [-0.05, 0) is 105 Å². The van der Waals surface area contributed by atoms with Crippen molar-refractivity contribution in [2.45, 2.75) is 0 Å². The van der Waals surface area contributed by atoms with E-state index in [0.29, 0.717) is 0 Å². The summed E-state index contributed by atoms with van der Waals surface area (Å²) in [4.78, 5) is 0. The van der Waals surface area contributed by atoms with Gasteiger partial charge in [-0.15, -0.1) is 0 Å². The van der Waals surface area contributed by atoms with E-state index in [1.165, 1.54) is 0 Å². The summed E-state index contributed by atoms with van der Waals surface area (Å²) in [5.74, 6) is 0. The zero-order valence-electron chi connectivity index (χ0n) is 22.9. The van der Waals surface area contributed by atoms with Gasteiger partial charge in [0.25, 0.3) is 0 Å². The van der Waals surface area contributed by atoms with Crippen LogP contribution in [-0.2, 0) is 0 Å². The van der Waals surface area contributed by atoms with E-state index in [2.05, 4.69) is 260 Å². The molecule has 184 valence electrons. The minimum Gasteiger partial charge on any atom is -0.0687 e. The van der Waals surface area contributed by atoms with Gasteiger partial charge in [-0.2, -0.15) is 0 Å². The second kappa shape index (κ2) is 34.3. The van der Waals surface area contributed by atoms with Crippen molar-refractivity contribution in [3.63, 3.8) is 0 Å². The summed E-state index contributed by atoms with van der Waals surface area (Å²) < 4.78 is 0. The molecule has 0 aliphatic carbocycles. The van der Waals surface area contributed by atoms with Gasteiger partial charge in [0, 0.05) is 143 Å². The fourth-order valence-corrected chi connectivity index (χ4v) is 1.31. The van der Waals surface area contributed by atoms with Crippen molar-refractivity contribution in [2.24, 2.45) is 0 Å². The Kier molecular flexibility index (Phi) is 26.9. The first kappa shape index (κ1) is 35.3. The highest BCUT2D eigenvalue weighted by molar-refractivity contribution is 4.96. The van der Waals surface area contributed by atoms with Crippen LogP contribution < -0.4 is 0 Å². The molecule has 0 aliphatic heterocycles. The van der Waals surface area contributed by atoms with E-state index >= 15 is 0 Å². The fraction of sp³-hybridized carbons (Fsp3) is 0. The second-order valence-corrected chi connectivity index (χ2v) is 5.48. The summed E-state index contributed by atoms with van der Waals surface area (Å²) in [5, 5.41) is 0. The average Bonchev–Trinajstić information content (AvgIpc) is 3.05. The van der Waals surface area contributed by atoms with Crippen molar-refractivity contribution in [2.75, 3.05) is 0 Å². The first-order valence-corrected chi connectivity index (χ1v) is 11.2. The van der Waals surface area contributed by atoms with Gasteiger partial charge < -0.3 is 0 Å². The molecule has 0 radical (unpaired) electrons. The van der Waals surface area contributed by atoms with E-state index in [1.807, 2.05) is 0 Å². The molecule has 0 aromatic carbocycles. The first-order valence-electron chi connectivity index (χ1n) is 11.2. The van der Waals surface area contributed by atoms with Crippen molar-refractivity contribution in [3.8, 4) is 0 Å². The third-order valence-electron chi connectivity index (χ3n) is 2.68. The highest BCUT2D eigenvalue weighted by Gasteiger charge is 1.45. The lowest BCUT2D eigenvalue weighted by molar-refractivity contribution is 2.10. The van der Waals surface area contributed by atoms with Crippen molar-refractivity contribution in [1.29, 1.82) is 0 Å². The minimum atomic E-state index is 2.37. The summed E-state index contributed by atoms with van der Waals surface area (Å²) in [7, 11) is 0. The molecular weight excluding hydrogens is 540 g/mol. The van der Waals surface area contributed by atoms with Crippen LogP contribution in [0.1, 0.15) is 0 Å². The molecular formula is C45H4. The number of hydrogen-bond donors (Lipinski definition) is 0. The average molecular weight is 545 g/mol. The third kappa shape index (κ3) is 34.3. The van der Waals surface area contributed by atoms with Crippen molar-refractivity contribution in [1.82, 2.24) is 0 Å². The van der Waals surface area contributed by atoms with Crippen LogP contribution in [0.3, 0.4) is 0 Å². The van der Waals surface area contributed by atoms with E-state index in [4.69, 9.17) is 0 Å². The first-order chi connectivity index (χ1) is 22.4. The molecule has 0 atom stereocenters. The molecule has 0 N–H and O–H groups in total. The maximum Gasteiger partial charge on any atom is 0 e. The van der Waals surface area contributed by atoms with E-state index in [-0.39, 0.29) is 0 Å². The highest BCUT2D eigenvalue weighted by Crippen LogP contribution is 1.60. The van der Waals surface area contributed by atoms with Gasteiger partial charge in [0.2, 0.25) is 0 Å². The van der Waals surface area contributed by atoms with Crippen molar-refractivity contribution >= 4 is 0 Å². The van der Waals surface area contributed by atoms with Crippen molar-refractivity contribution in [3.05, 3.63) is 260 Å². The molecule has 0 aliphatic rings. The Hall–Kier alpha value is -9.72. The van der Waals surface area contributed by atoms with E-state index in [0.717, 1.165) is 0 Å². The topological polar surface area (TPSA) is 0 Å². The van der Waals surface area contributed by atoms with Gasteiger partial charge in [-0.3, -0.25) is 0 Å². The van der Waals surface area contributed by atoms with Crippen LogP contribution in [0, 0.1) is 0 Å². The quantitative estimate of drug-likeness (QED) is 0.278. The number of hydrogen-bond acceptors (Lipinski definition) is 0. The fourth-order valence-electron chi connectivity index (χ4n) is 1.31. The zero-order valence-corrected chi connectivity index (χ0v) is 22.9. The van der Waals surface area contributed by atoms with Crippen LogP contribution in [0.4, 0.5) is 0 Å². The van der Waals surface area contributed by atoms with E-state index < -0.39 is 0 Å². The SMILES string of the molecule is C=C=C=C=C=C=C=C=C=C=C=C=C=C=C=C=C=C=C=C=C=C=C=C=C=C=C=C=C=C=C=C=C=C=C=C=C=C=C=C=C=C=C=C=C. The molecule has 0 amide bonds. The molecule has 45 heavy (non-hydrogen) atoms. The molecule has 0 nitrogen and oxygen atoms in total. The van der Waals surface area contributed by atoms with Gasteiger partial charge in [0.15, 0.2) is 0 Å². The van der Waals surface area contributed by atoms with Crippen LogP contribution in [0.25, 0.3) is 0 Å². The predicted molar refractivity (Wildman–Crippen MR) is 162 cm³/mol. The summed E-state index contributed by atoms with van der Waals surface area (Å²) in [6.07, 6.45) is 0.